The lowest BCUT2D eigenvalue weighted by atomic mass is 9.48. The number of allylic oxidation sites excluding steroid dienone is 1. The highest BCUT2D eigenvalue weighted by Crippen LogP contribution is 2.60. The van der Waals surface area contributed by atoms with E-state index in [-0.39, 0.29) is 11.4 Å². The van der Waals surface area contributed by atoms with Gasteiger partial charge in [-0.1, -0.05) is 19.9 Å². The highest BCUT2D eigenvalue weighted by Gasteiger charge is 2.55. The van der Waals surface area contributed by atoms with E-state index in [2.05, 4.69) is 25.2 Å². The Bertz CT molecular complexity index is 523. The molecule has 1 N–H and O–H groups in total. The number of fused-ring (bicyclic) bond motifs is 1. The van der Waals surface area contributed by atoms with E-state index in [1.807, 2.05) is 0 Å². The summed E-state index contributed by atoms with van der Waals surface area (Å²) in [6, 6.07) is 0. The molecule has 0 aromatic heterocycles. The van der Waals surface area contributed by atoms with E-state index in [1.54, 1.807) is 0 Å². The Labute approximate surface area is 134 Å². The third-order valence-corrected chi connectivity index (χ3v) is 8.15. The molecule has 0 aliphatic heterocycles. The third kappa shape index (κ3) is 1.76. The van der Waals surface area contributed by atoms with Gasteiger partial charge in [-0.2, -0.15) is 0 Å². The van der Waals surface area contributed by atoms with Gasteiger partial charge in [0.2, 0.25) is 5.91 Å². The normalized spacial score (nSPS) is 50.3. The molecule has 7 aliphatic carbocycles. The molecule has 22 heavy (non-hydrogen) atoms. The molecule has 7 rings (SSSR count). The summed E-state index contributed by atoms with van der Waals surface area (Å²) < 4.78 is 0. The van der Waals surface area contributed by atoms with Crippen LogP contribution in [0.4, 0.5) is 0 Å². The molecule has 6 bridgehead atoms. The molecule has 0 radical (unpaired) electrons. The Hall–Kier alpha value is -0.790. The van der Waals surface area contributed by atoms with Crippen LogP contribution in [0.25, 0.3) is 0 Å². The second kappa shape index (κ2) is 4.19. The minimum absolute atomic E-state index is 0.164. The summed E-state index contributed by atoms with van der Waals surface area (Å²) in [5, 5.41) is 3.58. The highest BCUT2D eigenvalue weighted by molar-refractivity contribution is 5.95. The summed E-state index contributed by atoms with van der Waals surface area (Å²) in [5.74, 6) is 4.32. The molecule has 0 heterocycles. The fourth-order valence-electron chi connectivity index (χ4n) is 7.18. The van der Waals surface area contributed by atoms with Crippen LogP contribution in [0.15, 0.2) is 11.6 Å². The van der Waals surface area contributed by atoms with E-state index < -0.39 is 0 Å². The van der Waals surface area contributed by atoms with E-state index in [1.165, 1.54) is 44.9 Å². The highest BCUT2D eigenvalue weighted by atomic mass is 16.1. The van der Waals surface area contributed by atoms with Crippen LogP contribution in [0.2, 0.25) is 0 Å². The zero-order chi connectivity index (χ0) is 15.1. The maximum absolute atomic E-state index is 13.0. The molecule has 0 spiro atoms. The maximum atomic E-state index is 13.0. The third-order valence-electron chi connectivity index (χ3n) is 8.15. The summed E-state index contributed by atoms with van der Waals surface area (Å²) in [6.45, 7) is 4.72. The van der Waals surface area contributed by atoms with Gasteiger partial charge in [0.05, 0.1) is 0 Å². The lowest BCUT2D eigenvalue weighted by molar-refractivity contribution is -0.126. The molecule has 0 unspecified atom stereocenters. The largest absolute Gasteiger partial charge is 0.347 e. The van der Waals surface area contributed by atoms with Gasteiger partial charge in [0, 0.05) is 11.1 Å². The van der Waals surface area contributed by atoms with E-state index in [0.717, 1.165) is 35.7 Å². The summed E-state index contributed by atoms with van der Waals surface area (Å²) >= 11 is 0. The molecule has 0 aromatic rings. The summed E-state index contributed by atoms with van der Waals surface area (Å²) in [6.07, 6.45) is 12.7. The predicted molar refractivity (Wildman–Crippen MR) is 87.1 cm³/mol. The Morgan fingerprint density at radius 2 is 1.64 bits per heavy atom. The monoisotopic (exact) mass is 299 g/mol. The Morgan fingerprint density at radius 3 is 2.14 bits per heavy atom. The quantitative estimate of drug-likeness (QED) is 0.818. The smallest absolute Gasteiger partial charge is 0.247 e. The van der Waals surface area contributed by atoms with Gasteiger partial charge in [-0.3, -0.25) is 4.79 Å². The first-order valence-electron chi connectivity index (χ1n) is 9.48. The number of carbonyl (C=O) groups is 1. The standard InChI is InChI=1S/C20H29NO/c1-19(2)15-3-4-16(17(19)8-15)18(22)21-20-9-12-5-13(10-20)7-14(6-12)11-20/h4,12-15,17H,3,5-11H2,1-2H3,(H,21,22)/t12?,13?,14?,15-,17-,20?/m1/s1. The number of nitrogens with one attached hydrogen (secondary N) is 1. The molecule has 5 fully saturated rings. The topological polar surface area (TPSA) is 29.1 Å². The van der Waals surface area contributed by atoms with Gasteiger partial charge in [0.1, 0.15) is 0 Å². The van der Waals surface area contributed by atoms with Gasteiger partial charge >= 0.3 is 0 Å². The van der Waals surface area contributed by atoms with E-state index in [0.29, 0.717) is 11.3 Å². The minimum atomic E-state index is 0.164. The lowest BCUT2D eigenvalue weighted by Gasteiger charge is -2.58. The molecule has 1 amide bonds. The van der Waals surface area contributed by atoms with Crippen molar-refractivity contribution in [2.75, 3.05) is 0 Å². The molecule has 120 valence electrons. The van der Waals surface area contributed by atoms with Crippen LogP contribution in [-0.4, -0.2) is 11.4 Å². The zero-order valence-electron chi connectivity index (χ0n) is 14.0. The van der Waals surface area contributed by atoms with Crippen molar-refractivity contribution in [1.29, 1.82) is 0 Å². The number of hydrogen-bond acceptors (Lipinski definition) is 1. The van der Waals surface area contributed by atoms with Crippen molar-refractivity contribution in [1.82, 2.24) is 5.32 Å². The van der Waals surface area contributed by atoms with Crippen LogP contribution in [-0.2, 0) is 4.79 Å². The van der Waals surface area contributed by atoms with Crippen molar-refractivity contribution in [2.45, 2.75) is 70.8 Å². The van der Waals surface area contributed by atoms with Gasteiger partial charge in [-0.15, -0.1) is 0 Å². The van der Waals surface area contributed by atoms with E-state index in [9.17, 15) is 4.79 Å². The summed E-state index contributed by atoms with van der Waals surface area (Å²) in [5.41, 5.74) is 1.64. The van der Waals surface area contributed by atoms with Gasteiger partial charge < -0.3 is 5.32 Å². The molecule has 0 aromatic carbocycles. The summed E-state index contributed by atoms with van der Waals surface area (Å²) in [4.78, 5) is 13.0. The first-order chi connectivity index (χ1) is 10.5. The number of amides is 1. The van der Waals surface area contributed by atoms with Crippen molar-refractivity contribution in [2.24, 2.45) is 35.0 Å². The molecular weight excluding hydrogens is 270 g/mol. The van der Waals surface area contributed by atoms with Crippen molar-refractivity contribution in [3.05, 3.63) is 11.6 Å². The zero-order valence-corrected chi connectivity index (χ0v) is 14.0. The molecule has 5 saturated carbocycles. The van der Waals surface area contributed by atoms with Crippen LogP contribution >= 0.6 is 0 Å². The Balaban J connectivity index is 1.36. The molecule has 2 atom stereocenters. The second-order valence-electron chi connectivity index (χ2n) is 9.85. The van der Waals surface area contributed by atoms with Crippen molar-refractivity contribution < 1.29 is 4.79 Å². The lowest BCUT2D eigenvalue weighted by Crippen LogP contribution is -2.61. The summed E-state index contributed by atoms with van der Waals surface area (Å²) in [7, 11) is 0. The van der Waals surface area contributed by atoms with Crippen molar-refractivity contribution in [3.63, 3.8) is 0 Å². The van der Waals surface area contributed by atoms with Crippen molar-refractivity contribution >= 4 is 5.91 Å². The average Bonchev–Trinajstić information content (AvgIpc) is 2.45. The molecule has 2 nitrogen and oxygen atoms in total. The number of carbonyl (C=O) groups excluding carboxylic acids is 1. The fraction of sp³-hybridized carbons (Fsp3) is 0.850. The predicted octanol–water partition coefficient (Wildman–Crippen LogP) is 4.06. The van der Waals surface area contributed by atoms with E-state index >= 15 is 0 Å². The molecule has 2 heteroatoms. The average molecular weight is 299 g/mol. The molecule has 0 saturated heterocycles. The van der Waals surface area contributed by atoms with Crippen LogP contribution in [0.1, 0.15) is 65.2 Å². The van der Waals surface area contributed by atoms with Crippen LogP contribution in [0, 0.1) is 35.0 Å². The second-order valence-corrected chi connectivity index (χ2v) is 9.85. The van der Waals surface area contributed by atoms with Gasteiger partial charge in [0.25, 0.3) is 0 Å². The molecular formula is C20H29NO. The van der Waals surface area contributed by atoms with Crippen LogP contribution in [0.3, 0.4) is 0 Å². The maximum Gasteiger partial charge on any atom is 0.247 e. The van der Waals surface area contributed by atoms with Crippen LogP contribution in [0.5, 0.6) is 0 Å². The van der Waals surface area contributed by atoms with E-state index in [4.69, 9.17) is 0 Å². The number of hydrogen-bond donors (Lipinski definition) is 1. The number of rotatable bonds is 2. The van der Waals surface area contributed by atoms with Gasteiger partial charge in [-0.05, 0) is 86.4 Å². The molecule has 7 aliphatic rings. The van der Waals surface area contributed by atoms with Crippen LogP contribution < -0.4 is 5.32 Å². The Kier molecular flexibility index (Phi) is 2.59. The fourth-order valence-corrected chi connectivity index (χ4v) is 7.18. The van der Waals surface area contributed by atoms with Crippen molar-refractivity contribution in [3.8, 4) is 0 Å². The first kappa shape index (κ1) is 13.6. The van der Waals surface area contributed by atoms with Gasteiger partial charge in [0.15, 0.2) is 0 Å². The van der Waals surface area contributed by atoms with Gasteiger partial charge in [-0.25, -0.2) is 0 Å². The Morgan fingerprint density at radius 1 is 1.05 bits per heavy atom. The SMILES string of the molecule is CC1(C)[C@@H]2CC=C(C(=O)NC34CC5CC(CC(C5)C3)C4)[C@H]1C2. The first-order valence-corrected chi connectivity index (χ1v) is 9.48. The minimum Gasteiger partial charge on any atom is -0.347 e.